The molecule has 1 amide bonds. The average Bonchev–Trinajstić information content (AvgIpc) is 2.47. The molecule has 23 heavy (non-hydrogen) atoms. The van der Waals surface area contributed by atoms with Crippen LogP contribution in [0, 0.1) is 11.8 Å². The van der Waals surface area contributed by atoms with Gasteiger partial charge in [-0.05, 0) is 42.4 Å². The van der Waals surface area contributed by atoms with Gasteiger partial charge in [0, 0.05) is 24.5 Å². The monoisotopic (exact) mass is 337 g/mol. The van der Waals surface area contributed by atoms with Gasteiger partial charge in [-0.2, -0.15) is 0 Å². The first kappa shape index (κ1) is 17.8. The molecule has 0 spiro atoms. The van der Waals surface area contributed by atoms with E-state index in [0.29, 0.717) is 18.1 Å². The molecule has 1 aliphatic rings. The van der Waals surface area contributed by atoms with Gasteiger partial charge in [-0.3, -0.25) is 9.59 Å². The molecule has 1 aromatic carbocycles. The predicted octanol–water partition coefficient (Wildman–Crippen LogP) is 3.79. The van der Waals surface area contributed by atoms with Gasteiger partial charge in [0.2, 0.25) is 5.91 Å². The number of carboxylic acids is 1. The van der Waals surface area contributed by atoms with Crippen LogP contribution in [0.3, 0.4) is 0 Å². The van der Waals surface area contributed by atoms with Crippen LogP contribution in [0.4, 0.5) is 0 Å². The topological polar surface area (TPSA) is 57.6 Å². The van der Waals surface area contributed by atoms with Crippen LogP contribution in [0.25, 0.3) is 0 Å². The van der Waals surface area contributed by atoms with Crippen LogP contribution < -0.4 is 0 Å². The van der Waals surface area contributed by atoms with E-state index >= 15 is 0 Å². The number of hydrogen-bond donors (Lipinski definition) is 1. The summed E-state index contributed by atoms with van der Waals surface area (Å²) >= 11 is 6.07. The molecule has 5 heteroatoms. The van der Waals surface area contributed by atoms with Crippen molar-refractivity contribution in [2.45, 2.75) is 39.0 Å². The molecular weight excluding hydrogens is 314 g/mol. The number of piperidine rings is 1. The van der Waals surface area contributed by atoms with Crippen LogP contribution in [-0.4, -0.2) is 35.0 Å². The van der Waals surface area contributed by atoms with Crippen LogP contribution in [0.15, 0.2) is 24.3 Å². The number of nitrogens with zero attached hydrogens (tertiary/aromatic N) is 1. The van der Waals surface area contributed by atoms with Gasteiger partial charge in [-0.15, -0.1) is 0 Å². The largest absolute Gasteiger partial charge is 0.481 e. The van der Waals surface area contributed by atoms with Gasteiger partial charge < -0.3 is 10.0 Å². The summed E-state index contributed by atoms with van der Waals surface area (Å²) in [7, 11) is 0. The maximum Gasteiger partial charge on any atom is 0.303 e. The summed E-state index contributed by atoms with van der Waals surface area (Å²) in [6.07, 6.45) is 1.72. The summed E-state index contributed by atoms with van der Waals surface area (Å²) in [5, 5.41) is 9.52. The minimum absolute atomic E-state index is 0.121. The lowest BCUT2D eigenvalue weighted by atomic mass is 9.85. The zero-order chi connectivity index (χ0) is 17.0. The summed E-state index contributed by atoms with van der Waals surface area (Å²) in [5.74, 6) is -0.479. The Morgan fingerprint density at radius 1 is 1.30 bits per heavy atom. The Balaban J connectivity index is 2.06. The molecule has 0 radical (unpaired) electrons. The summed E-state index contributed by atoms with van der Waals surface area (Å²) in [6.45, 7) is 5.36. The van der Waals surface area contributed by atoms with Crippen LogP contribution >= 0.6 is 11.6 Å². The minimum atomic E-state index is -0.756. The molecule has 126 valence electrons. The molecule has 2 rings (SSSR count). The lowest BCUT2D eigenvalue weighted by Gasteiger charge is -2.35. The third-order valence-corrected chi connectivity index (χ3v) is 4.77. The van der Waals surface area contributed by atoms with Crippen molar-refractivity contribution in [1.82, 2.24) is 4.90 Å². The van der Waals surface area contributed by atoms with E-state index in [1.165, 1.54) is 0 Å². The molecule has 1 aliphatic heterocycles. The van der Waals surface area contributed by atoms with Gasteiger partial charge in [0.1, 0.15) is 0 Å². The number of benzene rings is 1. The number of carbonyl (C=O) groups is 2. The third-order valence-electron chi connectivity index (χ3n) is 4.53. The fraction of sp³-hybridized carbons (Fsp3) is 0.556. The van der Waals surface area contributed by atoms with Crippen LogP contribution in [-0.2, 0) is 9.59 Å². The normalized spacial score (nSPS) is 17.3. The van der Waals surface area contributed by atoms with Gasteiger partial charge in [0.05, 0.1) is 5.92 Å². The molecule has 1 fully saturated rings. The first-order chi connectivity index (χ1) is 10.9. The highest BCUT2D eigenvalue weighted by Gasteiger charge is 2.31. The molecule has 0 saturated carbocycles. The number of hydrogen-bond acceptors (Lipinski definition) is 2. The number of amides is 1. The molecule has 1 N–H and O–H groups in total. The fourth-order valence-electron chi connectivity index (χ4n) is 3.31. The van der Waals surface area contributed by atoms with Crippen molar-refractivity contribution in [1.29, 1.82) is 0 Å². The molecule has 1 saturated heterocycles. The zero-order valence-corrected chi connectivity index (χ0v) is 14.4. The fourth-order valence-corrected chi connectivity index (χ4v) is 3.51. The molecule has 0 bridgehead atoms. The van der Waals surface area contributed by atoms with Crippen molar-refractivity contribution in [3.63, 3.8) is 0 Å². The van der Waals surface area contributed by atoms with E-state index in [-0.39, 0.29) is 30.1 Å². The minimum Gasteiger partial charge on any atom is -0.481 e. The van der Waals surface area contributed by atoms with Crippen molar-refractivity contribution in [3.05, 3.63) is 34.9 Å². The smallest absolute Gasteiger partial charge is 0.303 e. The number of aliphatic carboxylic acids is 1. The maximum atomic E-state index is 12.9. The van der Waals surface area contributed by atoms with Crippen molar-refractivity contribution < 1.29 is 14.7 Å². The lowest BCUT2D eigenvalue weighted by molar-refractivity contribution is -0.139. The third kappa shape index (κ3) is 4.71. The lowest BCUT2D eigenvalue weighted by Crippen LogP contribution is -2.42. The summed E-state index contributed by atoms with van der Waals surface area (Å²) < 4.78 is 0. The standard InChI is InChI=1S/C18H24ClNO3/c1-12(2)17(14-4-3-5-15(19)11-14)18(23)20-8-6-13(7-9-20)10-16(21)22/h3-5,11-13,17H,6-10H2,1-2H3,(H,21,22). The summed E-state index contributed by atoms with van der Waals surface area (Å²) in [5.41, 5.74) is 0.949. The predicted molar refractivity (Wildman–Crippen MR) is 90.6 cm³/mol. The Morgan fingerprint density at radius 2 is 1.96 bits per heavy atom. The number of rotatable bonds is 5. The first-order valence-electron chi connectivity index (χ1n) is 8.14. The Morgan fingerprint density at radius 3 is 2.48 bits per heavy atom. The number of halogens is 1. The Hall–Kier alpha value is -1.55. The number of carboxylic acid groups (broad SMARTS) is 1. The van der Waals surface area contributed by atoms with Crippen molar-refractivity contribution in [3.8, 4) is 0 Å². The van der Waals surface area contributed by atoms with Crippen LogP contribution in [0.2, 0.25) is 5.02 Å². The van der Waals surface area contributed by atoms with Gasteiger partial charge in [0.25, 0.3) is 0 Å². The molecule has 1 atom stereocenters. The summed E-state index contributed by atoms with van der Waals surface area (Å²) in [6, 6.07) is 7.50. The van der Waals surface area contributed by atoms with Gasteiger partial charge in [0.15, 0.2) is 0 Å². The van der Waals surface area contributed by atoms with Crippen LogP contribution in [0.5, 0.6) is 0 Å². The highest BCUT2D eigenvalue weighted by molar-refractivity contribution is 6.30. The van der Waals surface area contributed by atoms with E-state index < -0.39 is 5.97 Å². The Labute approximate surface area is 142 Å². The van der Waals surface area contributed by atoms with E-state index in [9.17, 15) is 9.59 Å². The summed E-state index contributed by atoms with van der Waals surface area (Å²) in [4.78, 5) is 25.6. The number of carbonyl (C=O) groups excluding carboxylic acids is 1. The SMILES string of the molecule is CC(C)C(C(=O)N1CCC(CC(=O)O)CC1)c1cccc(Cl)c1. The van der Waals surface area contributed by atoms with Crippen LogP contribution in [0.1, 0.15) is 44.6 Å². The van der Waals surface area contributed by atoms with E-state index in [1.54, 1.807) is 0 Å². The quantitative estimate of drug-likeness (QED) is 0.889. The molecule has 1 aromatic rings. The van der Waals surface area contributed by atoms with Gasteiger partial charge >= 0.3 is 5.97 Å². The van der Waals surface area contributed by atoms with Crippen molar-refractivity contribution in [2.24, 2.45) is 11.8 Å². The molecular formula is C18H24ClNO3. The first-order valence-corrected chi connectivity index (χ1v) is 8.52. The van der Waals surface area contributed by atoms with Crippen molar-refractivity contribution >= 4 is 23.5 Å². The highest BCUT2D eigenvalue weighted by Crippen LogP contribution is 2.30. The second-order valence-corrected chi connectivity index (χ2v) is 7.08. The highest BCUT2D eigenvalue weighted by atomic mass is 35.5. The van der Waals surface area contributed by atoms with E-state index in [2.05, 4.69) is 0 Å². The molecule has 0 aliphatic carbocycles. The Kier molecular flexibility index (Phi) is 6.05. The molecule has 0 aromatic heterocycles. The molecule has 1 unspecified atom stereocenters. The van der Waals surface area contributed by atoms with E-state index in [0.717, 1.165) is 18.4 Å². The van der Waals surface area contributed by atoms with Crippen molar-refractivity contribution in [2.75, 3.05) is 13.1 Å². The maximum absolute atomic E-state index is 12.9. The molecule has 1 heterocycles. The second-order valence-electron chi connectivity index (χ2n) is 6.64. The van der Waals surface area contributed by atoms with Gasteiger partial charge in [-0.1, -0.05) is 37.6 Å². The zero-order valence-electron chi connectivity index (χ0n) is 13.7. The number of likely N-dealkylation sites (tertiary alicyclic amines) is 1. The van der Waals surface area contributed by atoms with E-state index in [4.69, 9.17) is 16.7 Å². The van der Waals surface area contributed by atoms with Gasteiger partial charge in [-0.25, -0.2) is 0 Å². The van der Waals surface area contributed by atoms with E-state index in [1.807, 2.05) is 43.0 Å². The second kappa shape index (κ2) is 7.82. The molecule has 4 nitrogen and oxygen atoms in total. The average molecular weight is 338 g/mol. The Bertz CT molecular complexity index is 565.